The van der Waals surface area contributed by atoms with Gasteiger partial charge < -0.3 is 10.6 Å². The van der Waals surface area contributed by atoms with Crippen LogP contribution in [-0.4, -0.2) is 38.6 Å². The van der Waals surface area contributed by atoms with Crippen LogP contribution in [0.4, 0.5) is 8.78 Å². The molecule has 2 N–H and O–H groups in total. The SMILES string of the molecule is O=C(N[C@H]1CCCNC1=O)c1ccc(S(=O)(=O)C(F)F)cc1. The fourth-order valence-electron chi connectivity index (χ4n) is 2.05. The van der Waals surface area contributed by atoms with E-state index in [4.69, 9.17) is 0 Å². The number of carbonyl (C=O) groups is 2. The van der Waals surface area contributed by atoms with E-state index in [1.54, 1.807) is 0 Å². The molecule has 120 valence electrons. The highest BCUT2D eigenvalue weighted by molar-refractivity contribution is 7.91. The summed E-state index contributed by atoms with van der Waals surface area (Å²) >= 11 is 0. The van der Waals surface area contributed by atoms with Crippen LogP contribution in [0.2, 0.25) is 0 Å². The number of carbonyl (C=O) groups excluding carboxylic acids is 2. The lowest BCUT2D eigenvalue weighted by atomic mass is 10.1. The second-order valence-electron chi connectivity index (χ2n) is 4.79. The van der Waals surface area contributed by atoms with Crippen molar-refractivity contribution in [3.8, 4) is 0 Å². The monoisotopic (exact) mass is 332 g/mol. The highest BCUT2D eigenvalue weighted by Crippen LogP contribution is 2.18. The van der Waals surface area contributed by atoms with Crippen LogP contribution in [0.15, 0.2) is 29.2 Å². The molecule has 0 saturated carbocycles. The molecule has 1 heterocycles. The van der Waals surface area contributed by atoms with Gasteiger partial charge in [-0.15, -0.1) is 0 Å². The van der Waals surface area contributed by atoms with Crippen molar-refractivity contribution in [1.29, 1.82) is 0 Å². The number of hydrogen-bond donors (Lipinski definition) is 2. The number of amides is 2. The maximum Gasteiger partial charge on any atom is 0.341 e. The van der Waals surface area contributed by atoms with Crippen LogP contribution in [0.1, 0.15) is 23.2 Å². The summed E-state index contributed by atoms with van der Waals surface area (Å²) in [5.41, 5.74) is 0.0894. The Kier molecular flexibility index (Phi) is 4.74. The van der Waals surface area contributed by atoms with Gasteiger partial charge in [0.1, 0.15) is 6.04 Å². The van der Waals surface area contributed by atoms with Gasteiger partial charge in [-0.25, -0.2) is 8.42 Å². The molecule has 0 aromatic heterocycles. The molecule has 1 aromatic rings. The fourth-order valence-corrected chi connectivity index (χ4v) is 2.77. The minimum Gasteiger partial charge on any atom is -0.354 e. The average molecular weight is 332 g/mol. The van der Waals surface area contributed by atoms with Crippen molar-refractivity contribution in [2.45, 2.75) is 29.5 Å². The van der Waals surface area contributed by atoms with E-state index in [1.165, 1.54) is 0 Å². The third-order valence-electron chi connectivity index (χ3n) is 3.27. The number of benzene rings is 1. The number of piperidine rings is 1. The van der Waals surface area contributed by atoms with Crippen LogP contribution < -0.4 is 10.6 Å². The quantitative estimate of drug-likeness (QED) is 0.848. The van der Waals surface area contributed by atoms with Crippen LogP contribution in [0.5, 0.6) is 0 Å². The summed E-state index contributed by atoms with van der Waals surface area (Å²) in [5, 5.41) is 5.13. The molecule has 0 radical (unpaired) electrons. The van der Waals surface area contributed by atoms with Gasteiger partial charge in [0.05, 0.1) is 4.90 Å². The van der Waals surface area contributed by atoms with Gasteiger partial charge >= 0.3 is 5.76 Å². The van der Waals surface area contributed by atoms with Gasteiger partial charge in [0.25, 0.3) is 5.91 Å². The Hall–Kier alpha value is -2.03. The first-order valence-corrected chi connectivity index (χ1v) is 8.07. The minimum absolute atomic E-state index is 0.0894. The maximum atomic E-state index is 12.4. The molecular formula is C13H14F2N2O4S. The van der Waals surface area contributed by atoms with Crippen molar-refractivity contribution in [2.24, 2.45) is 0 Å². The van der Waals surface area contributed by atoms with Crippen molar-refractivity contribution in [1.82, 2.24) is 10.6 Å². The van der Waals surface area contributed by atoms with E-state index >= 15 is 0 Å². The molecule has 2 rings (SSSR count). The minimum atomic E-state index is -4.68. The summed E-state index contributed by atoms with van der Waals surface area (Å²) in [5.74, 6) is -4.36. The molecule has 6 nitrogen and oxygen atoms in total. The van der Waals surface area contributed by atoms with E-state index in [-0.39, 0.29) is 11.5 Å². The summed E-state index contributed by atoms with van der Waals surface area (Å²) in [6.45, 7) is 0.561. The van der Waals surface area contributed by atoms with Crippen LogP contribution in [-0.2, 0) is 14.6 Å². The lowest BCUT2D eigenvalue weighted by Gasteiger charge is -2.22. The molecule has 0 bridgehead atoms. The molecule has 1 fully saturated rings. The molecule has 1 aromatic carbocycles. The van der Waals surface area contributed by atoms with E-state index < -0.39 is 32.4 Å². The highest BCUT2D eigenvalue weighted by atomic mass is 32.2. The van der Waals surface area contributed by atoms with Crippen molar-refractivity contribution in [2.75, 3.05) is 6.54 Å². The molecule has 1 saturated heterocycles. The molecule has 2 amide bonds. The number of halogens is 2. The van der Waals surface area contributed by atoms with Gasteiger partial charge in [-0.2, -0.15) is 8.78 Å². The number of hydrogen-bond acceptors (Lipinski definition) is 4. The summed E-state index contributed by atoms with van der Waals surface area (Å²) in [4.78, 5) is 22.9. The Morgan fingerprint density at radius 3 is 2.45 bits per heavy atom. The highest BCUT2D eigenvalue weighted by Gasteiger charge is 2.27. The summed E-state index contributed by atoms with van der Waals surface area (Å²) in [6.07, 6.45) is 1.25. The zero-order valence-electron chi connectivity index (χ0n) is 11.4. The van der Waals surface area contributed by atoms with Crippen molar-refractivity contribution >= 4 is 21.7 Å². The number of alkyl halides is 2. The molecule has 22 heavy (non-hydrogen) atoms. The largest absolute Gasteiger partial charge is 0.354 e. The first-order chi connectivity index (χ1) is 10.3. The normalized spacial score (nSPS) is 18.9. The number of sulfone groups is 1. The van der Waals surface area contributed by atoms with Crippen LogP contribution in [0.3, 0.4) is 0 Å². The lowest BCUT2D eigenvalue weighted by Crippen LogP contribution is -2.50. The molecule has 0 unspecified atom stereocenters. The molecule has 1 aliphatic heterocycles. The third-order valence-corrected chi connectivity index (χ3v) is 4.67. The van der Waals surface area contributed by atoms with E-state index in [9.17, 15) is 26.8 Å². The predicted molar refractivity (Wildman–Crippen MR) is 73.1 cm³/mol. The topological polar surface area (TPSA) is 92.3 Å². The molecular weight excluding hydrogens is 318 g/mol. The van der Waals surface area contributed by atoms with Crippen molar-refractivity contribution in [3.63, 3.8) is 0 Å². The first-order valence-electron chi connectivity index (χ1n) is 6.53. The second kappa shape index (κ2) is 6.39. The van der Waals surface area contributed by atoms with Crippen LogP contribution >= 0.6 is 0 Å². The van der Waals surface area contributed by atoms with Gasteiger partial charge in [-0.3, -0.25) is 9.59 Å². The Morgan fingerprint density at radius 2 is 1.91 bits per heavy atom. The molecule has 0 aliphatic carbocycles. The Bertz CT molecular complexity index is 674. The lowest BCUT2D eigenvalue weighted by molar-refractivity contribution is -0.124. The molecule has 0 spiro atoms. The zero-order valence-corrected chi connectivity index (χ0v) is 12.2. The smallest absolute Gasteiger partial charge is 0.341 e. The second-order valence-corrected chi connectivity index (χ2v) is 6.71. The summed E-state index contributed by atoms with van der Waals surface area (Å²) in [7, 11) is -4.68. The molecule has 1 atom stereocenters. The maximum absolute atomic E-state index is 12.4. The van der Waals surface area contributed by atoms with Gasteiger partial charge in [-0.05, 0) is 37.1 Å². The number of nitrogens with one attached hydrogen (secondary N) is 2. The van der Waals surface area contributed by atoms with Gasteiger partial charge in [0, 0.05) is 12.1 Å². The van der Waals surface area contributed by atoms with Crippen LogP contribution in [0.25, 0.3) is 0 Å². The van der Waals surface area contributed by atoms with E-state index in [0.29, 0.717) is 13.0 Å². The van der Waals surface area contributed by atoms with Gasteiger partial charge in [0.2, 0.25) is 15.7 Å². The third kappa shape index (κ3) is 3.41. The molecule has 1 aliphatic rings. The van der Waals surface area contributed by atoms with Crippen molar-refractivity contribution < 1.29 is 26.8 Å². The Balaban J connectivity index is 2.10. The van der Waals surface area contributed by atoms with Crippen molar-refractivity contribution in [3.05, 3.63) is 29.8 Å². The van der Waals surface area contributed by atoms with E-state index in [1.807, 2.05) is 0 Å². The van der Waals surface area contributed by atoms with Gasteiger partial charge in [-0.1, -0.05) is 0 Å². The first kappa shape index (κ1) is 16.3. The average Bonchev–Trinajstić information content (AvgIpc) is 2.49. The fraction of sp³-hybridized carbons (Fsp3) is 0.385. The zero-order chi connectivity index (χ0) is 16.3. The Labute approximate surface area is 125 Å². The Morgan fingerprint density at radius 1 is 1.27 bits per heavy atom. The summed E-state index contributed by atoms with van der Waals surface area (Å²) < 4.78 is 47.3. The van der Waals surface area contributed by atoms with E-state index in [2.05, 4.69) is 10.6 Å². The summed E-state index contributed by atoms with van der Waals surface area (Å²) in [6, 6.07) is 3.50. The van der Waals surface area contributed by atoms with E-state index in [0.717, 1.165) is 30.7 Å². The number of rotatable bonds is 4. The van der Waals surface area contributed by atoms with Gasteiger partial charge in [0.15, 0.2) is 0 Å². The van der Waals surface area contributed by atoms with Crippen LogP contribution in [0, 0.1) is 0 Å². The standard InChI is InChI=1S/C13H14F2N2O4S/c14-13(15)22(20,21)9-5-3-8(4-6-9)11(18)17-10-2-1-7-16-12(10)19/h3-6,10,13H,1-2,7H2,(H,16,19)(H,17,18)/t10-/m0/s1. The predicted octanol–water partition coefficient (Wildman–Crippen LogP) is 0.691. The molecule has 9 heteroatoms.